The minimum absolute atomic E-state index is 0.0248. The molecule has 0 rings (SSSR count). The molecule has 1 amide bonds. The van der Waals surface area contributed by atoms with E-state index < -0.39 is 5.97 Å². The van der Waals surface area contributed by atoms with Gasteiger partial charge >= 0.3 is 5.97 Å². The standard InChI is InChI=1S/C13H24N2O3/c1-4-8-15-11(16)10-14-9-7-13(2,3)6-5-12(17)18/h4,14H,1,5-10H2,2-3H3,(H,15,16)(H,17,18). The summed E-state index contributed by atoms with van der Waals surface area (Å²) in [4.78, 5) is 21.7. The zero-order valence-electron chi connectivity index (χ0n) is 11.3. The fourth-order valence-electron chi connectivity index (χ4n) is 1.45. The Labute approximate surface area is 109 Å². The van der Waals surface area contributed by atoms with Crippen molar-refractivity contribution < 1.29 is 14.7 Å². The van der Waals surface area contributed by atoms with Crippen LogP contribution in [0.1, 0.15) is 33.1 Å². The molecule has 0 aliphatic rings. The summed E-state index contributed by atoms with van der Waals surface area (Å²) in [5.41, 5.74) is -0.0248. The number of hydrogen-bond acceptors (Lipinski definition) is 3. The Morgan fingerprint density at radius 2 is 2.00 bits per heavy atom. The predicted octanol–water partition coefficient (Wildman–Crippen LogP) is 1.16. The molecule has 0 unspecified atom stereocenters. The van der Waals surface area contributed by atoms with Crippen molar-refractivity contribution in [2.45, 2.75) is 33.1 Å². The first-order valence-electron chi connectivity index (χ1n) is 6.17. The molecule has 0 aliphatic heterocycles. The molecule has 0 spiro atoms. The number of nitrogens with one attached hydrogen (secondary N) is 2. The van der Waals surface area contributed by atoms with E-state index in [9.17, 15) is 9.59 Å². The Kier molecular flexibility index (Phi) is 8.03. The molecule has 3 N–H and O–H groups in total. The number of carboxylic acid groups (broad SMARTS) is 1. The number of carboxylic acids is 1. The molecule has 0 atom stereocenters. The maximum Gasteiger partial charge on any atom is 0.303 e. The fraction of sp³-hybridized carbons (Fsp3) is 0.692. The minimum atomic E-state index is -0.764. The lowest BCUT2D eigenvalue weighted by molar-refractivity contribution is -0.137. The molecule has 0 aromatic heterocycles. The van der Waals surface area contributed by atoms with Crippen LogP contribution in [0.3, 0.4) is 0 Å². The molecule has 0 heterocycles. The first kappa shape index (κ1) is 16.6. The van der Waals surface area contributed by atoms with Gasteiger partial charge < -0.3 is 15.7 Å². The Morgan fingerprint density at radius 1 is 1.33 bits per heavy atom. The van der Waals surface area contributed by atoms with Crippen LogP contribution in [-0.2, 0) is 9.59 Å². The van der Waals surface area contributed by atoms with Crippen molar-refractivity contribution in [3.8, 4) is 0 Å². The van der Waals surface area contributed by atoms with Gasteiger partial charge in [-0.3, -0.25) is 9.59 Å². The molecule has 104 valence electrons. The molecule has 0 radical (unpaired) electrons. The van der Waals surface area contributed by atoms with E-state index in [1.54, 1.807) is 6.08 Å². The van der Waals surface area contributed by atoms with Crippen LogP contribution in [0.2, 0.25) is 0 Å². The molecule has 5 nitrogen and oxygen atoms in total. The molecule has 0 saturated heterocycles. The molecule has 0 aromatic carbocycles. The maximum atomic E-state index is 11.2. The maximum absolute atomic E-state index is 11.2. The van der Waals surface area contributed by atoms with E-state index in [4.69, 9.17) is 5.11 Å². The third-order valence-corrected chi connectivity index (χ3v) is 2.72. The lowest BCUT2D eigenvalue weighted by atomic mass is 9.84. The van der Waals surface area contributed by atoms with Gasteiger partial charge in [0.2, 0.25) is 5.91 Å². The summed E-state index contributed by atoms with van der Waals surface area (Å²) >= 11 is 0. The van der Waals surface area contributed by atoms with Gasteiger partial charge in [-0.25, -0.2) is 0 Å². The molecule has 0 saturated carbocycles. The Balaban J connectivity index is 3.66. The third-order valence-electron chi connectivity index (χ3n) is 2.72. The van der Waals surface area contributed by atoms with Crippen LogP contribution in [-0.4, -0.2) is 36.6 Å². The van der Waals surface area contributed by atoms with Gasteiger partial charge in [0.15, 0.2) is 0 Å². The molecular formula is C13H24N2O3. The van der Waals surface area contributed by atoms with E-state index in [1.807, 2.05) is 13.8 Å². The van der Waals surface area contributed by atoms with Gasteiger partial charge in [0.25, 0.3) is 0 Å². The monoisotopic (exact) mass is 256 g/mol. The summed E-state index contributed by atoms with van der Waals surface area (Å²) in [5, 5.41) is 14.3. The quantitative estimate of drug-likeness (QED) is 0.405. The third kappa shape index (κ3) is 9.84. The molecule has 0 aromatic rings. The number of aliphatic carboxylic acids is 1. The summed E-state index contributed by atoms with van der Waals surface area (Å²) in [6.07, 6.45) is 3.31. The molecule has 0 fully saturated rings. The van der Waals surface area contributed by atoms with Gasteiger partial charge in [-0.1, -0.05) is 19.9 Å². The Hall–Kier alpha value is -1.36. The zero-order chi connectivity index (χ0) is 14.0. The molecular weight excluding hydrogens is 232 g/mol. The normalized spacial score (nSPS) is 11.0. The lowest BCUT2D eigenvalue weighted by Gasteiger charge is -2.23. The van der Waals surface area contributed by atoms with Crippen molar-refractivity contribution in [2.24, 2.45) is 5.41 Å². The van der Waals surface area contributed by atoms with Gasteiger partial charge in [-0.15, -0.1) is 6.58 Å². The smallest absolute Gasteiger partial charge is 0.303 e. The zero-order valence-corrected chi connectivity index (χ0v) is 11.3. The molecule has 18 heavy (non-hydrogen) atoms. The summed E-state index contributed by atoms with van der Waals surface area (Å²) in [6.45, 7) is 9.05. The highest BCUT2D eigenvalue weighted by atomic mass is 16.4. The SMILES string of the molecule is C=CCNC(=O)CNCCC(C)(C)CCC(=O)O. The van der Waals surface area contributed by atoms with Crippen molar-refractivity contribution in [1.29, 1.82) is 0 Å². The minimum Gasteiger partial charge on any atom is -0.481 e. The molecule has 0 bridgehead atoms. The van der Waals surface area contributed by atoms with Gasteiger partial charge in [0, 0.05) is 13.0 Å². The van der Waals surface area contributed by atoms with Crippen LogP contribution >= 0.6 is 0 Å². The summed E-state index contributed by atoms with van der Waals surface area (Å²) in [6, 6.07) is 0. The second-order valence-corrected chi connectivity index (χ2v) is 5.08. The first-order chi connectivity index (χ1) is 8.37. The highest BCUT2D eigenvalue weighted by Gasteiger charge is 2.18. The van der Waals surface area contributed by atoms with E-state index >= 15 is 0 Å². The summed E-state index contributed by atoms with van der Waals surface area (Å²) in [7, 11) is 0. The van der Waals surface area contributed by atoms with Gasteiger partial charge in [-0.05, 0) is 24.8 Å². The van der Waals surface area contributed by atoms with Crippen molar-refractivity contribution in [3.05, 3.63) is 12.7 Å². The van der Waals surface area contributed by atoms with E-state index in [1.165, 1.54) is 0 Å². The first-order valence-corrected chi connectivity index (χ1v) is 6.17. The number of rotatable bonds is 10. The molecule has 0 aliphatic carbocycles. The van der Waals surface area contributed by atoms with Gasteiger partial charge in [-0.2, -0.15) is 0 Å². The van der Waals surface area contributed by atoms with E-state index in [2.05, 4.69) is 17.2 Å². The predicted molar refractivity (Wildman–Crippen MR) is 71.3 cm³/mol. The van der Waals surface area contributed by atoms with Crippen LogP contribution in [0.25, 0.3) is 0 Å². The van der Waals surface area contributed by atoms with Gasteiger partial charge in [0.1, 0.15) is 0 Å². The van der Waals surface area contributed by atoms with Gasteiger partial charge in [0.05, 0.1) is 6.54 Å². The second-order valence-electron chi connectivity index (χ2n) is 5.08. The van der Waals surface area contributed by atoms with Crippen LogP contribution in [0.15, 0.2) is 12.7 Å². The average Bonchev–Trinajstić information content (AvgIpc) is 2.30. The topological polar surface area (TPSA) is 78.4 Å². The average molecular weight is 256 g/mol. The van der Waals surface area contributed by atoms with Crippen LogP contribution in [0.4, 0.5) is 0 Å². The van der Waals surface area contributed by atoms with Crippen molar-refractivity contribution >= 4 is 11.9 Å². The van der Waals surface area contributed by atoms with Crippen molar-refractivity contribution in [2.75, 3.05) is 19.6 Å². The Morgan fingerprint density at radius 3 is 2.56 bits per heavy atom. The van der Waals surface area contributed by atoms with Crippen molar-refractivity contribution in [3.63, 3.8) is 0 Å². The van der Waals surface area contributed by atoms with Crippen LogP contribution in [0, 0.1) is 5.41 Å². The summed E-state index contributed by atoms with van der Waals surface area (Å²) < 4.78 is 0. The lowest BCUT2D eigenvalue weighted by Crippen LogP contribution is -2.35. The van der Waals surface area contributed by atoms with E-state index in [-0.39, 0.29) is 24.3 Å². The summed E-state index contributed by atoms with van der Waals surface area (Å²) in [5.74, 6) is -0.821. The number of carbonyl (C=O) groups is 2. The van der Waals surface area contributed by atoms with Crippen LogP contribution < -0.4 is 10.6 Å². The van der Waals surface area contributed by atoms with Crippen molar-refractivity contribution in [1.82, 2.24) is 10.6 Å². The highest BCUT2D eigenvalue weighted by molar-refractivity contribution is 5.78. The molecule has 5 heteroatoms. The second kappa shape index (κ2) is 8.69. The number of amides is 1. The van der Waals surface area contributed by atoms with E-state index in [0.717, 1.165) is 6.42 Å². The number of hydrogen-bond donors (Lipinski definition) is 3. The Bertz CT molecular complexity index is 288. The fourth-order valence-corrected chi connectivity index (χ4v) is 1.45. The largest absolute Gasteiger partial charge is 0.481 e. The number of carbonyl (C=O) groups excluding carboxylic acids is 1. The van der Waals surface area contributed by atoms with E-state index in [0.29, 0.717) is 19.5 Å². The van der Waals surface area contributed by atoms with Crippen LogP contribution in [0.5, 0.6) is 0 Å². The highest BCUT2D eigenvalue weighted by Crippen LogP contribution is 2.25.